The number of hydrogen-bond donors (Lipinski definition) is 0. The lowest BCUT2D eigenvalue weighted by molar-refractivity contribution is 0.103. The highest BCUT2D eigenvalue weighted by Gasteiger charge is 2.12. The third-order valence-corrected chi connectivity index (χ3v) is 2.78. The number of thiophene rings is 1. The van der Waals surface area contributed by atoms with Crippen molar-refractivity contribution in [1.29, 1.82) is 0 Å². The van der Waals surface area contributed by atoms with Crippen LogP contribution in [-0.2, 0) is 0 Å². The lowest BCUT2D eigenvalue weighted by Crippen LogP contribution is -2.00. The van der Waals surface area contributed by atoms with Crippen LogP contribution in [0.3, 0.4) is 0 Å². The van der Waals surface area contributed by atoms with E-state index in [1.165, 1.54) is 17.5 Å². The molecule has 14 heavy (non-hydrogen) atoms. The fourth-order valence-corrected chi connectivity index (χ4v) is 1.95. The Morgan fingerprint density at radius 2 is 2.29 bits per heavy atom. The van der Waals surface area contributed by atoms with Crippen molar-refractivity contribution in [2.45, 2.75) is 0 Å². The summed E-state index contributed by atoms with van der Waals surface area (Å²) < 4.78 is 0. The number of carbonyl (C=O) groups excluding carboxylic acids is 1. The van der Waals surface area contributed by atoms with Crippen molar-refractivity contribution in [3.05, 3.63) is 51.4 Å². The van der Waals surface area contributed by atoms with Crippen molar-refractivity contribution >= 4 is 28.7 Å². The molecule has 0 aliphatic carbocycles. The van der Waals surface area contributed by atoms with Crippen molar-refractivity contribution < 1.29 is 4.79 Å². The predicted molar refractivity (Wildman–Crippen MR) is 57.0 cm³/mol. The Kier molecular flexibility index (Phi) is 2.61. The maximum atomic E-state index is 11.8. The molecule has 0 fully saturated rings. The van der Waals surface area contributed by atoms with Gasteiger partial charge in [0.1, 0.15) is 0 Å². The molecule has 0 aliphatic heterocycles. The maximum absolute atomic E-state index is 11.8. The van der Waals surface area contributed by atoms with E-state index in [9.17, 15) is 4.79 Å². The average Bonchev–Trinajstić information content (AvgIpc) is 2.70. The van der Waals surface area contributed by atoms with E-state index in [-0.39, 0.29) is 5.78 Å². The molecule has 0 aromatic carbocycles. The van der Waals surface area contributed by atoms with Gasteiger partial charge in [0.15, 0.2) is 5.78 Å². The van der Waals surface area contributed by atoms with Crippen LogP contribution in [0.4, 0.5) is 0 Å². The molecule has 0 amide bonds. The van der Waals surface area contributed by atoms with Crippen molar-refractivity contribution in [3.63, 3.8) is 0 Å². The number of pyridine rings is 1. The van der Waals surface area contributed by atoms with E-state index >= 15 is 0 Å². The molecular weight excluding hydrogens is 218 g/mol. The summed E-state index contributed by atoms with van der Waals surface area (Å²) in [6.07, 6.45) is 3.03. The molecule has 0 saturated carbocycles. The minimum Gasteiger partial charge on any atom is -0.289 e. The summed E-state index contributed by atoms with van der Waals surface area (Å²) in [5, 5.41) is 4.06. The Morgan fingerprint density at radius 1 is 1.43 bits per heavy atom. The third-order valence-electron chi connectivity index (χ3n) is 1.80. The molecule has 0 saturated heterocycles. The van der Waals surface area contributed by atoms with E-state index in [1.54, 1.807) is 23.7 Å². The van der Waals surface area contributed by atoms with Crippen molar-refractivity contribution in [1.82, 2.24) is 4.98 Å². The Balaban J connectivity index is 2.42. The van der Waals surface area contributed by atoms with Gasteiger partial charge in [0.2, 0.25) is 0 Å². The smallest absolute Gasteiger partial charge is 0.195 e. The highest BCUT2D eigenvalue weighted by molar-refractivity contribution is 7.08. The van der Waals surface area contributed by atoms with E-state index < -0.39 is 0 Å². The quantitative estimate of drug-likeness (QED) is 0.733. The van der Waals surface area contributed by atoms with E-state index in [4.69, 9.17) is 11.6 Å². The number of nitrogens with zero attached hydrogens (tertiary/aromatic N) is 1. The van der Waals surface area contributed by atoms with E-state index in [2.05, 4.69) is 4.98 Å². The van der Waals surface area contributed by atoms with Gasteiger partial charge in [0.05, 0.1) is 5.02 Å². The van der Waals surface area contributed by atoms with Gasteiger partial charge in [-0.05, 0) is 17.5 Å². The van der Waals surface area contributed by atoms with Crippen LogP contribution in [0.5, 0.6) is 0 Å². The van der Waals surface area contributed by atoms with Crippen molar-refractivity contribution in [2.75, 3.05) is 0 Å². The Morgan fingerprint density at radius 3 is 2.93 bits per heavy atom. The molecule has 0 bridgehead atoms. The first-order valence-corrected chi connectivity index (χ1v) is 5.27. The van der Waals surface area contributed by atoms with Gasteiger partial charge >= 0.3 is 0 Å². The average molecular weight is 224 g/mol. The summed E-state index contributed by atoms with van der Waals surface area (Å²) in [5.41, 5.74) is 1.17. The Bertz CT molecular complexity index is 453. The van der Waals surface area contributed by atoms with Gasteiger partial charge in [0.25, 0.3) is 0 Å². The van der Waals surface area contributed by atoms with Gasteiger partial charge in [-0.3, -0.25) is 9.78 Å². The molecule has 0 spiro atoms. The second-order valence-corrected chi connectivity index (χ2v) is 3.88. The topological polar surface area (TPSA) is 30.0 Å². The number of aromatic nitrogens is 1. The molecule has 0 atom stereocenters. The number of halogens is 1. The highest BCUT2D eigenvalue weighted by Crippen LogP contribution is 2.19. The van der Waals surface area contributed by atoms with E-state index in [0.29, 0.717) is 16.1 Å². The monoisotopic (exact) mass is 223 g/mol. The van der Waals surface area contributed by atoms with Crippen LogP contribution in [0.2, 0.25) is 5.02 Å². The highest BCUT2D eigenvalue weighted by atomic mass is 35.5. The molecule has 0 N–H and O–H groups in total. The summed E-state index contributed by atoms with van der Waals surface area (Å²) in [7, 11) is 0. The minimum atomic E-state index is -0.0568. The first kappa shape index (κ1) is 9.37. The van der Waals surface area contributed by atoms with Gasteiger partial charge in [0, 0.05) is 28.9 Å². The van der Waals surface area contributed by atoms with Crippen LogP contribution in [0.1, 0.15) is 15.9 Å². The van der Waals surface area contributed by atoms with Crippen molar-refractivity contribution in [2.24, 2.45) is 0 Å². The fourth-order valence-electron chi connectivity index (χ4n) is 1.11. The molecule has 2 aromatic rings. The number of ketones is 1. The maximum Gasteiger partial charge on any atom is 0.195 e. The van der Waals surface area contributed by atoms with Crippen LogP contribution >= 0.6 is 22.9 Å². The minimum absolute atomic E-state index is 0.0568. The molecular formula is C10H6ClNOS. The van der Waals surface area contributed by atoms with Gasteiger partial charge in [-0.1, -0.05) is 11.6 Å². The van der Waals surface area contributed by atoms with E-state index in [1.807, 2.05) is 5.38 Å². The van der Waals surface area contributed by atoms with Crippen molar-refractivity contribution in [3.8, 4) is 0 Å². The van der Waals surface area contributed by atoms with Gasteiger partial charge in [-0.15, -0.1) is 0 Å². The SMILES string of the molecule is O=C(c1ccsc1)c1ccncc1Cl. The van der Waals surface area contributed by atoms with Crippen LogP contribution in [0.15, 0.2) is 35.3 Å². The first-order valence-electron chi connectivity index (χ1n) is 3.95. The third kappa shape index (κ3) is 1.69. The molecule has 2 nitrogen and oxygen atoms in total. The summed E-state index contributed by atoms with van der Waals surface area (Å²) in [4.78, 5) is 15.6. The van der Waals surface area contributed by atoms with Crippen LogP contribution in [0.25, 0.3) is 0 Å². The van der Waals surface area contributed by atoms with Crippen LogP contribution < -0.4 is 0 Å². The van der Waals surface area contributed by atoms with E-state index in [0.717, 1.165) is 0 Å². The zero-order valence-electron chi connectivity index (χ0n) is 7.11. The largest absolute Gasteiger partial charge is 0.289 e. The predicted octanol–water partition coefficient (Wildman–Crippen LogP) is 3.03. The lowest BCUT2D eigenvalue weighted by Gasteiger charge is -1.99. The summed E-state index contributed by atoms with van der Waals surface area (Å²) in [5.74, 6) is -0.0568. The molecule has 2 heterocycles. The Hall–Kier alpha value is -1.19. The van der Waals surface area contributed by atoms with Crippen LogP contribution in [-0.4, -0.2) is 10.8 Å². The van der Waals surface area contributed by atoms with Gasteiger partial charge < -0.3 is 0 Å². The first-order chi connectivity index (χ1) is 6.79. The molecule has 0 unspecified atom stereocenters. The van der Waals surface area contributed by atoms with Gasteiger partial charge in [-0.2, -0.15) is 11.3 Å². The lowest BCUT2D eigenvalue weighted by atomic mass is 10.1. The summed E-state index contributed by atoms with van der Waals surface area (Å²) in [6, 6.07) is 3.41. The zero-order valence-corrected chi connectivity index (χ0v) is 8.68. The van der Waals surface area contributed by atoms with Gasteiger partial charge in [-0.25, -0.2) is 0 Å². The number of rotatable bonds is 2. The summed E-state index contributed by atoms with van der Waals surface area (Å²) >= 11 is 7.34. The Labute approximate surface area is 90.2 Å². The molecule has 2 aromatic heterocycles. The fraction of sp³-hybridized carbons (Fsp3) is 0. The number of carbonyl (C=O) groups is 1. The second kappa shape index (κ2) is 3.90. The summed E-state index contributed by atoms with van der Waals surface area (Å²) in [6.45, 7) is 0. The zero-order chi connectivity index (χ0) is 9.97. The van der Waals surface area contributed by atoms with Crippen LogP contribution in [0, 0.1) is 0 Å². The molecule has 0 radical (unpaired) electrons. The molecule has 70 valence electrons. The molecule has 2 rings (SSSR count). The standard InChI is InChI=1S/C10H6ClNOS/c11-9-5-12-3-1-8(9)10(13)7-2-4-14-6-7/h1-6H. The molecule has 0 aliphatic rings. The normalized spacial score (nSPS) is 10.1. The molecule has 4 heteroatoms. The number of hydrogen-bond acceptors (Lipinski definition) is 3. The second-order valence-electron chi connectivity index (χ2n) is 2.70.